The van der Waals surface area contributed by atoms with Gasteiger partial charge in [0.15, 0.2) is 0 Å². The summed E-state index contributed by atoms with van der Waals surface area (Å²) in [5, 5.41) is 0. The maximum absolute atomic E-state index is 8.55. The molecule has 0 saturated carbocycles. The van der Waals surface area contributed by atoms with Crippen molar-refractivity contribution >= 4 is 7.82 Å². The number of rotatable bonds is 0. The molecule has 0 fully saturated rings. The minimum Gasteiger partial charge on any atom is -2.00 e. The zero-order valence-electron chi connectivity index (χ0n) is 3.94. The van der Waals surface area contributed by atoms with Crippen LogP contribution >= 0.6 is 7.82 Å². The molecule has 0 atom stereocenters. The van der Waals surface area contributed by atoms with Crippen molar-refractivity contribution in [2.45, 2.75) is 0 Å². The molecule has 0 aromatic heterocycles. The third kappa shape index (κ3) is 84.0. The third-order valence-electron chi connectivity index (χ3n) is 0. The molecule has 8 heteroatoms. The Morgan fingerprint density at radius 3 is 1.12 bits per heavy atom. The maximum atomic E-state index is 8.55. The van der Waals surface area contributed by atoms with Crippen LogP contribution in [0.5, 0.6) is 0 Å². The number of phosphoric acid groups is 1. The van der Waals surface area contributed by atoms with E-state index in [-0.39, 0.29) is 75.4 Å². The van der Waals surface area contributed by atoms with Crippen LogP contribution in [0.2, 0.25) is 0 Å². The van der Waals surface area contributed by atoms with Crippen molar-refractivity contribution in [1.82, 2.24) is 0 Å². The van der Waals surface area contributed by atoms with Gasteiger partial charge in [0.25, 0.3) is 0 Å². The van der Waals surface area contributed by atoms with E-state index in [1.165, 1.54) is 0 Å². The summed E-state index contributed by atoms with van der Waals surface area (Å²) in [4.78, 5) is 25.6. The van der Waals surface area contributed by atoms with Crippen molar-refractivity contribution in [3.05, 3.63) is 0 Å². The summed E-state index contributed by atoms with van der Waals surface area (Å²) >= 11 is 0. The van der Waals surface area contributed by atoms with Crippen molar-refractivity contribution < 1.29 is 94.7 Å². The number of hydrogen-bond donors (Lipinski definition) is 0. The fourth-order valence-corrected chi connectivity index (χ4v) is 0. The Morgan fingerprint density at radius 1 is 1.12 bits per heavy atom. The van der Waals surface area contributed by atoms with Crippen molar-refractivity contribution in [3.63, 3.8) is 0 Å². The van der Waals surface area contributed by atoms with E-state index in [2.05, 4.69) is 0 Å². The van der Waals surface area contributed by atoms with Crippen LogP contribution in [0.15, 0.2) is 0 Å². The molecule has 0 aromatic rings. The average Bonchev–Trinajstić information content (AvgIpc) is 0.722. The first-order valence-corrected chi connectivity index (χ1v) is 2.19. The van der Waals surface area contributed by atoms with Crippen molar-refractivity contribution in [2.24, 2.45) is 0 Å². The normalized spacial score (nSPS) is 7.38. The van der Waals surface area contributed by atoms with Crippen LogP contribution in [0.1, 0.15) is 0 Å². The van der Waals surface area contributed by atoms with Gasteiger partial charge in [-0.2, -0.15) is 7.82 Å². The molecule has 0 amide bonds. The van der Waals surface area contributed by atoms with Crippen LogP contribution in [0.25, 0.3) is 0 Å². The fraction of sp³-hybridized carbons (Fsp3) is 0. The molecule has 0 spiro atoms. The molecule has 0 saturated heterocycles. The first-order valence-electron chi connectivity index (χ1n) is 0.730. The minimum absolute atomic E-state index is 0. The molecule has 8 heavy (non-hydrogen) atoms. The van der Waals surface area contributed by atoms with E-state index in [0.29, 0.717) is 0 Å². The summed E-state index contributed by atoms with van der Waals surface area (Å²) in [6.45, 7) is 0. The van der Waals surface area contributed by atoms with Crippen LogP contribution in [0.3, 0.4) is 0 Å². The Bertz CT molecular complexity index is 58.6. The zero-order valence-corrected chi connectivity index (χ0v) is 9.35. The van der Waals surface area contributed by atoms with Crippen molar-refractivity contribution in [2.75, 3.05) is 0 Å². The van der Waals surface area contributed by atoms with Gasteiger partial charge in [0.05, 0.1) is 0 Å². The molecule has 0 N–H and O–H groups in total. The third-order valence-corrected chi connectivity index (χ3v) is 0. The molecule has 0 unspecified atom stereocenters. The van der Waals surface area contributed by atoms with Crippen LogP contribution in [-0.4, -0.2) is 0 Å². The summed E-state index contributed by atoms with van der Waals surface area (Å²) in [6.07, 6.45) is 0. The number of hydrogen-bond acceptors (Lipinski definition) is 4. The van der Waals surface area contributed by atoms with Gasteiger partial charge >= 0.3 is 51.4 Å². The van der Waals surface area contributed by atoms with E-state index in [9.17, 15) is 0 Å². The first-order chi connectivity index (χ1) is 2.00. The molecule has 1 radical (unpaired) electrons. The Balaban J connectivity index is -0.0000000267. The molecule has 5 nitrogen and oxygen atoms in total. The quantitative estimate of drug-likeness (QED) is 0.286. The minimum atomic E-state index is -5.39. The Hall–Kier alpha value is 2.29. The maximum Gasteiger partial charge on any atom is 1.00 e. The molecule has 0 heterocycles. The van der Waals surface area contributed by atoms with Gasteiger partial charge in [0.2, 0.25) is 0 Å². The van der Waals surface area contributed by atoms with E-state index >= 15 is 0 Å². The van der Waals surface area contributed by atoms with Gasteiger partial charge in [-0.05, 0) is 0 Å². The first kappa shape index (κ1) is 22.4. The van der Waals surface area contributed by atoms with E-state index in [1.807, 2.05) is 0 Å². The van der Waals surface area contributed by atoms with Gasteiger partial charge in [0.1, 0.15) is 0 Å². The van der Waals surface area contributed by atoms with Gasteiger partial charge in [-0.1, -0.05) is 0 Å². The predicted molar refractivity (Wildman–Crippen MR) is 8.29 cm³/mol. The second-order valence-corrected chi connectivity index (χ2v) is 1.34. The van der Waals surface area contributed by atoms with Gasteiger partial charge < -0.3 is 24.7 Å². The second-order valence-electron chi connectivity index (χ2n) is 0.447. The molecular weight excluding hydrogens is 201 g/mol. The second kappa shape index (κ2) is 9.29. The van der Waals surface area contributed by atoms with Crippen molar-refractivity contribution in [1.29, 1.82) is 0 Å². The standard InChI is InChI=1S/K.H3O4P.O.V/c;1-5(2,3)4;;/h;(H3,1,2,3,4);;/q+1;;-2;/p-3. The van der Waals surface area contributed by atoms with Gasteiger partial charge in [-0.15, -0.1) is 0 Å². The van der Waals surface area contributed by atoms with Crippen LogP contribution in [-0.2, 0) is 28.6 Å². The molecule has 0 rings (SSSR count). The molecule has 45 valence electrons. The average molecular weight is 201 g/mol. The molecule has 0 bridgehead atoms. The molecule has 0 aliphatic carbocycles. The largest absolute Gasteiger partial charge is 2.00 e. The topological polar surface area (TPSA) is 115 Å². The summed E-state index contributed by atoms with van der Waals surface area (Å²) in [7, 11) is -5.39. The molecule has 0 aliphatic heterocycles. The monoisotopic (exact) mass is 201 g/mol. The summed E-state index contributed by atoms with van der Waals surface area (Å²) < 4.78 is 8.55. The SMILES string of the molecule is O=P([O-])([O-])[O-].[K+].[O-2].[V]. The smallest absolute Gasteiger partial charge is 1.00 e. The Kier molecular flexibility index (Phi) is 26.1. The van der Waals surface area contributed by atoms with Gasteiger partial charge in [0, 0.05) is 18.6 Å². The zero-order chi connectivity index (χ0) is 4.50. The fourth-order valence-electron chi connectivity index (χ4n) is 0. The van der Waals surface area contributed by atoms with Crippen LogP contribution in [0, 0.1) is 0 Å². The summed E-state index contributed by atoms with van der Waals surface area (Å²) in [6, 6.07) is 0. The van der Waals surface area contributed by atoms with Crippen LogP contribution < -0.4 is 66.1 Å². The van der Waals surface area contributed by atoms with Gasteiger partial charge in [-0.3, -0.25) is 0 Å². The molecule has 0 aliphatic rings. The van der Waals surface area contributed by atoms with E-state index in [4.69, 9.17) is 19.2 Å². The van der Waals surface area contributed by atoms with Gasteiger partial charge in [-0.25, -0.2) is 0 Å². The van der Waals surface area contributed by atoms with Crippen LogP contribution in [0.4, 0.5) is 0 Å². The Morgan fingerprint density at radius 2 is 1.12 bits per heavy atom. The Labute approximate surface area is 101 Å². The predicted octanol–water partition coefficient (Wildman–Crippen LogP) is -5.94. The molecular formula is KO5PV-4. The van der Waals surface area contributed by atoms with E-state index in [1.54, 1.807) is 0 Å². The van der Waals surface area contributed by atoms with E-state index in [0.717, 1.165) is 0 Å². The summed E-state index contributed by atoms with van der Waals surface area (Å²) in [5.41, 5.74) is 0. The molecule has 0 aromatic carbocycles. The summed E-state index contributed by atoms with van der Waals surface area (Å²) in [5.74, 6) is 0. The van der Waals surface area contributed by atoms with Crippen molar-refractivity contribution in [3.8, 4) is 0 Å². The van der Waals surface area contributed by atoms with E-state index < -0.39 is 7.82 Å².